The smallest absolute Gasteiger partial charge is 0.169 e. The molecule has 1 atom stereocenters. The normalized spacial score (nSPS) is 14.0. The van der Waals surface area contributed by atoms with Gasteiger partial charge in [0.25, 0.3) is 0 Å². The Morgan fingerprint density at radius 1 is 1.10 bits per heavy atom. The Morgan fingerprint density at radius 3 is 2.71 bits per heavy atom. The molecule has 2 aromatic carbocycles. The second-order valence-corrected chi connectivity index (χ2v) is 4.88. The molecule has 0 aromatic heterocycles. The van der Waals surface area contributed by atoms with Crippen LogP contribution in [0.1, 0.15) is 5.56 Å². The first-order chi connectivity index (χ1) is 10.3. The van der Waals surface area contributed by atoms with Crippen molar-refractivity contribution in [1.82, 2.24) is 0 Å². The van der Waals surface area contributed by atoms with Gasteiger partial charge in [0, 0.05) is 17.8 Å². The van der Waals surface area contributed by atoms with Crippen LogP contribution in [0.15, 0.2) is 42.5 Å². The maximum Gasteiger partial charge on any atom is 0.169 e. The van der Waals surface area contributed by atoms with Gasteiger partial charge in [-0.05, 0) is 30.3 Å². The molecule has 0 bridgehead atoms. The number of aliphatic hydroxyl groups excluding tert-OH is 2. The number of aliphatic hydroxyl groups is 2. The third kappa shape index (κ3) is 3.09. The van der Waals surface area contributed by atoms with E-state index in [1.54, 1.807) is 0 Å². The zero-order chi connectivity index (χ0) is 14.7. The summed E-state index contributed by atoms with van der Waals surface area (Å²) >= 11 is 0. The molecule has 5 heteroatoms. The van der Waals surface area contributed by atoms with Crippen molar-refractivity contribution in [3.8, 4) is 17.2 Å². The number of nitrogens with one attached hydrogen (secondary N) is 1. The monoisotopic (exact) mass is 287 g/mol. The average Bonchev–Trinajstić information content (AvgIpc) is 2.71. The highest BCUT2D eigenvalue weighted by Gasteiger charge is 2.15. The van der Waals surface area contributed by atoms with Crippen LogP contribution in [0, 0.1) is 0 Å². The van der Waals surface area contributed by atoms with Gasteiger partial charge in [0.1, 0.15) is 12.4 Å². The largest absolute Gasteiger partial charge is 0.485 e. The van der Waals surface area contributed by atoms with Crippen molar-refractivity contribution in [2.24, 2.45) is 0 Å². The first kappa shape index (κ1) is 13.7. The molecule has 0 aliphatic carbocycles. The van der Waals surface area contributed by atoms with Crippen LogP contribution in [0.4, 0.5) is 5.69 Å². The second-order valence-electron chi connectivity index (χ2n) is 4.88. The molecule has 2 aromatic rings. The van der Waals surface area contributed by atoms with Gasteiger partial charge in [-0.1, -0.05) is 12.1 Å². The van der Waals surface area contributed by atoms with Gasteiger partial charge < -0.3 is 25.0 Å². The zero-order valence-corrected chi connectivity index (χ0v) is 11.5. The van der Waals surface area contributed by atoms with Gasteiger partial charge in [-0.25, -0.2) is 0 Å². The predicted octanol–water partition coefficient (Wildman–Crippen LogP) is 2.14. The summed E-state index contributed by atoms with van der Waals surface area (Å²) in [4.78, 5) is 0. The minimum atomic E-state index is -0.777. The molecule has 1 aliphatic heterocycles. The Labute approximate surface area is 122 Å². The molecule has 0 radical (unpaired) electrons. The summed E-state index contributed by atoms with van der Waals surface area (Å²) in [5.74, 6) is 2.18. The lowest BCUT2D eigenvalue weighted by atomic mass is 10.2. The van der Waals surface area contributed by atoms with Gasteiger partial charge >= 0.3 is 0 Å². The lowest BCUT2D eigenvalue weighted by molar-refractivity contribution is 0.105. The number of benzene rings is 2. The van der Waals surface area contributed by atoms with Crippen LogP contribution in [0.5, 0.6) is 17.2 Å². The third-order valence-corrected chi connectivity index (χ3v) is 3.27. The van der Waals surface area contributed by atoms with Gasteiger partial charge in [-0.2, -0.15) is 0 Å². The van der Waals surface area contributed by atoms with Crippen LogP contribution < -0.4 is 14.8 Å². The van der Waals surface area contributed by atoms with E-state index in [9.17, 15) is 5.11 Å². The molecule has 3 N–H and O–H groups in total. The van der Waals surface area contributed by atoms with E-state index < -0.39 is 6.10 Å². The fourth-order valence-electron chi connectivity index (χ4n) is 2.13. The van der Waals surface area contributed by atoms with E-state index in [1.165, 1.54) is 0 Å². The topological polar surface area (TPSA) is 71.0 Å². The number of hydrogen-bond donors (Lipinski definition) is 3. The molecule has 0 fully saturated rings. The Balaban J connectivity index is 1.78. The highest BCUT2D eigenvalue weighted by Crippen LogP contribution is 2.37. The van der Waals surface area contributed by atoms with E-state index >= 15 is 0 Å². The van der Waals surface area contributed by atoms with Gasteiger partial charge in [-0.3, -0.25) is 0 Å². The summed E-state index contributed by atoms with van der Waals surface area (Å²) in [5.41, 5.74) is 1.77. The lowest BCUT2D eigenvalue weighted by Crippen LogP contribution is -2.22. The molecule has 0 spiro atoms. The zero-order valence-electron chi connectivity index (χ0n) is 11.5. The first-order valence-electron chi connectivity index (χ1n) is 6.81. The van der Waals surface area contributed by atoms with E-state index in [4.69, 9.17) is 14.6 Å². The van der Waals surface area contributed by atoms with Gasteiger partial charge in [0.15, 0.2) is 11.5 Å². The van der Waals surface area contributed by atoms with Crippen LogP contribution in [0.25, 0.3) is 0 Å². The molecule has 5 nitrogen and oxygen atoms in total. The number of rotatable bonds is 4. The summed E-state index contributed by atoms with van der Waals surface area (Å²) in [6.07, 6.45) is -0.777. The van der Waals surface area contributed by atoms with E-state index in [0.717, 1.165) is 22.7 Å². The standard InChI is InChI=1S/C16H17NO4/c18-9-13(19)8-17-12-5-6-14-11(7-12)10-20-15-3-1-2-4-16(15)21-14/h1-7,13,17-19H,8-10H2. The van der Waals surface area contributed by atoms with Crippen molar-refractivity contribution in [3.05, 3.63) is 48.0 Å². The summed E-state index contributed by atoms with van der Waals surface area (Å²) in [6, 6.07) is 13.2. The van der Waals surface area contributed by atoms with Crippen molar-refractivity contribution in [2.75, 3.05) is 18.5 Å². The summed E-state index contributed by atoms with van der Waals surface area (Å²) in [5, 5.41) is 21.2. The van der Waals surface area contributed by atoms with Crippen LogP contribution in [-0.4, -0.2) is 29.5 Å². The van der Waals surface area contributed by atoms with Crippen LogP contribution in [0.2, 0.25) is 0 Å². The molecule has 0 saturated heterocycles. The quantitative estimate of drug-likeness (QED) is 0.803. The van der Waals surface area contributed by atoms with Crippen LogP contribution in [-0.2, 0) is 6.61 Å². The van der Waals surface area contributed by atoms with Crippen molar-refractivity contribution < 1.29 is 19.7 Å². The molecule has 0 amide bonds. The third-order valence-electron chi connectivity index (χ3n) is 3.27. The van der Waals surface area contributed by atoms with Crippen LogP contribution >= 0.6 is 0 Å². The summed E-state index contributed by atoms with van der Waals surface area (Å²) < 4.78 is 11.6. The maximum absolute atomic E-state index is 9.36. The molecular formula is C16H17NO4. The molecule has 110 valence electrons. The highest BCUT2D eigenvalue weighted by molar-refractivity contribution is 5.54. The number of hydrogen-bond acceptors (Lipinski definition) is 5. The van der Waals surface area contributed by atoms with E-state index in [2.05, 4.69) is 5.32 Å². The fourth-order valence-corrected chi connectivity index (χ4v) is 2.13. The molecule has 21 heavy (non-hydrogen) atoms. The van der Waals surface area contributed by atoms with E-state index in [1.807, 2.05) is 42.5 Å². The second kappa shape index (κ2) is 6.03. The minimum absolute atomic E-state index is 0.264. The first-order valence-corrected chi connectivity index (χ1v) is 6.81. The SMILES string of the molecule is OCC(O)CNc1ccc2c(c1)COc1ccccc1O2. The van der Waals surface area contributed by atoms with Crippen molar-refractivity contribution in [3.63, 3.8) is 0 Å². The minimum Gasteiger partial charge on any atom is -0.485 e. The summed E-state index contributed by atoms with van der Waals surface area (Å²) in [6.45, 7) is 0.446. The molecule has 3 rings (SSSR count). The molecule has 1 heterocycles. The fraction of sp³-hybridized carbons (Fsp3) is 0.250. The molecule has 1 unspecified atom stereocenters. The maximum atomic E-state index is 9.36. The Bertz CT molecular complexity index is 629. The van der Waals surface area contributed by atoms with Gasteiger partial charge in [0.2, 0.25) is 0 Å². The molecular weight excluding hydrogens is 270 g/mol. The highest BCUT2D eigenvalue weighted by atomic mass is 16.5. The number of anilines is 1. The molecule has 1 aliphatic rings. The van der Waals surface area contributed by atoms with Gasteiger partial charge in [-0.15, -0.1) is 0 Å². The number of fused-ring (bicyclic) bond motifs is 2. The van der Waals surface area contributed by atoms with Crippen molar-refractivity contribution in [2.45, 2.75) is 12.7 Å². The van der Waals surface area contributed by atoms with Crippen molar-refractivity contribution >= 4 is 5.69 Å². The Kier molecular flexibility index (Phi) is 3.94. The Morgan fingerprint density at radius 2 is 1.90 bits per heavy atom. The predicted molar refractivity (Wildman–Crippen MR) is 78.9 cm³/mol. The number of para-hydroxylation sites is 2. The van der Waals surface area contributed by atoms with Crippen LogP contribution in [0.3, 0.4) is 0 Å². The Hall–Kier alpha value is -2.24. The van der Waals surface area contributed by atoms with E-state index in [-0.39, 0.29) is 13.2 Å². The van der Waals surface area contributed by atoms with Gasteiger partial charge in [0.05, 0.1) is 12.7 Å². The van der Waals surface area contributed by atoms with E-state index in [0.29, 0.717) is 12.4 Å². The lowest BCUT2D eigenvalue weighted by Gasteiger charge is -2.12. The number of ether oxygens (including phenoxy) is 2. The molecule has 0 saturated carbocycles. The van der Waals surface area contributed by atoms with Crippen molar-refractivity contribution in [1.29, 1.82) is 0 Å². The average molecular weight is 287 g/mol. The summed E-state index contributed by atoms with van der Waals surface area (Å²) in [7, 11) is 0.